The normalized spacial score (nSPS) is 30.9. The number of rotatable bonds is 3. The maximum atomic E-state index is 12.6. The molecule has 2 atom stereocenters. The molecule has 5 nitrogen and oxygen atoms in total. The van der Waals surface area contributed by atoms with Gasteiger partial charge < -0.3 is 9.80 Å². The summed E-state index contributed by atoms with van der Waals surface area (Å²) in [5.74, 6) is 1.05. The van der Waals surface area contributed by atoms with Crippen molar-refractivity contribution in [1.82, 2.24) is 14.7 Å². The summed E-state index contributed by atoms with van der Waals surface area (Å²) in [4.78, 5) is 31.1. The van der Waals surface area contributed by atoms with E-state index in [4.69, 9.17) is 0 Å². The van der Waals surface area contributed by atoms with Crippen molar-refractivity contribution in [1.29, 1.82) is 0 Å². The van der Waals surface area contributed by atoms with E-state index in [9.17, 15) is 9.59 Å². The van der Waals surface area contributed by atoms with Gasteiger partial charge in [0.1, 0.15) is 12.1 Å². The zero-order valence-corrected chi connectivity index (χ0v) is 12.5. The molecule has 0 saturated carbocycles. The highest BCUT2D eigenvalue weighted by atomic mass is 16.2. The second-order valence-electron chi connectivity index (χ2n) is 6.72. The molecule has 0 bridgehead atoms. The van der Waals surface area contributed by atoms with E-state index in [1.807, 2.05) is 9.80 Å². The summed E-state index contributed by atoms with van der Waals surface area (Å²) < 4.78 is 0. The van der Waals surface area contributed by atoms with Crippen LogP contribution in [0.4, 0.5) is 0 Å². The number of hydrogen-bond donors (Lipinski definition) is 0. The monoisotopic (exact) mass is 279 g/mol. The number of hydrogen-bond acceptors (Lipinski definition) is 3. The fourth-order valence-corrected chi connectivity index (χ4v) is 3.63. The number of fused-ring (bicyclic) bond motifs is 2. The van der Waals surface area contributed by atoms with Gasteiger partial charge in [-0.15, -0.1) is 0 Å². The quantitative estimate of drug-likeness (QED) is 0.758. The van der Waals surface area contributed by atoms with Crippen LogP contribution in [0.25, 0.3) is 0 Å². The van der Waals surface area contributed by atoms with Gasteiger partial charge in [-0.2, -0.15) is 0 Å². The lowest BCUT2D eigenvalue weighted by Gasteiger charge is -2.47. The van der Waals surface area contributed by atoms with Crippen molar-refractivity contribution in [2.75, 3.05) is 32.7 Å². The standard InChI is InChI=1S/C15H25N3O2/c1-11(2)5-7-16-8-9-18-13(10-16)15(20)17-6-3-4-12(17)14(18)19/h11-13H,3-10H2,1-2H3/t12-,13-/m1/s1. The van der Waals surface area contributed by atoms with Crippen LogP contribution in [0.2, 0.25) is 0 Å². The Bertz CT molecular complexity index is 410. The molecule has 3 rings (SSSR count). The van der Waals surface area contributed by atoms with Crippen molar-refractivity contribution in [3.8, 4) is 0 Å². The topological polar surface area (TPSA) is 43.9 Å². The van der Waals surface area contributed by atoms with Crippen LogP contribution in [0.15, 0.2) is 0 Å². The first-order valence-electron chi connectivity index (χ1n) is 7.91. The molecular weight excluding hydrogens is 254 g/mol. The summed E-state index contributed by atoms with van der Waals surface area (Å²) >= 11 is 0. The summed E-state index contributed by atoms with van der Waals surface area (Å²) in [6, 6.07) is -0.376. The molecule has 0 N–H and O–H groups in total. The van der Waals surface area contributed by atoms with Crippen LogP contribution in [0.1, 0.15) is 33.1 Å². The van der Waals surface area contributed by atoms with Crippen LogP contribution in [-0.4, -0.2) is 71.3 Å². The molecule has 2 amide bonds. The van der Waals surface area contributed by atoms with E-state index >= 15 is 0 Å². The summed E-state index contributed by atoms with van der Waals surface area (Å²) in [5, 5.41) is 0. The van der Waals surface area contributed by atoms with Crippen LogP contribution < -0.4 is 0 Å². The van der Waals surface area contributed by atoms with Gasteiger partial charge in [-0.1, -0.05) is 13.8 Å². The fraction of sp³-hybridized carbons (Fsp3) is 0.867. The second-order valence-corrected chi connectivity index (χ2v) is 6.72. The molecule has 0 unspecified atom stereocenters. The Morgan fingerprint density at radius 2 is 1.75 bits per heavy atom. The highest BCUT2D eigenvalue weighted by molar-refractivity contribution is 5.97. The first kappa shape index (κ1) is 13.9. The molecule has 0 aromatic carbocycles. The molecule has 3 aliphatic rings. The van der Waals surface area contributed by atoms with Crippen LogP contribution in [0.3, 0.4) is 0 Å². The average molecular weight is 279 g/mol. The van der Waals surface area contributed by atoms with Crippen molar-refractivity contribution in [2.24, 2.45) is 5.92 Å². The molecule has 0 aliphatic carbocycles. The number of carbonyl (C=O) groups excluding carboxylic acids is 2. The summed E-state index contributed by atoms with van der Waals surface area (Å²) in [7, 11) is 0. The molecule has 0 radical (unpaired) electrons. The Balaban J connectivity index is 1.69. The lowest BCUT2D eigenvalue weighted by atomic mass is 10.0. The SMILES string of the molecule is CC(C)CCN1CCN2C(=O)[C@H]3CCCN3C(=O)[C@H]2C1. The first-order valence-corrected chi connectivity index (χ1v) is 7.91. The molecule has 112 valence electrons. The van der Waals surface area contributed by atoms with Gasteiger partial charge in [0.15, 0.2) is 0 Å². The summed E-state index contributed by atoms with van der Waals surface area (Å²) in [6.07, 6.45) is 2.98. The Morgan fingerprint density at radius 1 is 1.05 bits per heavy atom. The van der Waals surface area contributed by atoms with Crippen LogP contribution in [-0.2, 0) is 9.59 Å². The Morgan fingerprint density at radius 3 is 2.50 bits per heavy atom. The van der Waals surface area contributed by atoms with Gasteiger partial charge in [-0.25, -0.2) is 0 Å². The van der Waals surface area contributed by atoms with Crippen molar-refractivity contribution in [3.05, 3.63) is 0 Å². The van der Waals surface area contributed by atoms with Gasteiger partial charge in [0.2, 0.25) is 11.8 Å². The van der Waals surface area contributed by atoms with Gasteiger partial charge in [-0.3, -0.25) is 14.5 Å². The maximum absolute atomic E-state index is 12.6. The number of amides is 2. The van der Waals surface area contributed by atoms with E-state index in [0.717, 1.165) is 52.0 Å². The highest BCUT2D eigenvalue weighted by Gasteiger charge is 2.49. The number of piperazine rings is 2. The molecule has 0 spiro atoms. The van der Waals surface area contributed by atoms with Crippen LogP contribution >= 0.6 is 0 Å². The molecule has 0 aromatic rings. The van der Waals surface area contributed by atoms with Crippen molar-refractivity contribution < 1.29 is 9.59 Å². The minimum absolute atomic E-state index is 0.152. The first-order chi connectivity index (χ1) is 9.58. The molecule has 3 heterocycles. The van der Waals surface area contributed by atoms with Gasteiger partial charge in [0.05, 0.1) is 0 Å². The minimum Gasteiger partial charge on any atom is -0.329 e. The molecule has 3 aliphatic heterocycles. The van der Waals surface area contributed by atoms with Crippen LogP contribution in [0, 0.1) is 5.92 Å². The third-order valence-electron chi connectivity index (χ3n) is 4.88. The molecular formula is C15H25N3O2. The van der Waals surface area contributed by atoms with E-state index in [2.05, 4.69) is 18.7 Å². The lowest BCUT2D eigenvalue weighted by molar-refractivity contribution is -0.163. The van der Waals surface area contributed by atoms with Gasteiger partial charge in [0, 0.05) is 26.2 Å². The van der Waals surface area contributed by atoms with Crippen molar-refractivity contribution in [2.45, 2.75) is 45.2 Å². The molecule has 5 heteroatoms. The van der Waals surface area contributed by atoms with Gasteiger partial charge in [-0.05, 0) is 31.7 Å². The van der Waals surface area contributed by atoms with Crippen molar-refractivity contribution in [3.63, 3.8) is 0 Å². The third kappa shape index (κ3) is 2.32. The smallest absolute Gasteiger partial charge is 0.247 e. The zero-order chi connectivity index (χ0) is 14.3. The summed E-state index contributed by atoms with van der Waals surface area (Å²) in [5.41, 5.74) is 0. The molecule has 3 fully saturated rings. The van der Waals surface area contributed by atoms with E-state index in [1.54, 1.807) is 0 Å². The molecule has 0 aromatic heterocycles. The second kappa shape index (κ2) is 5.35. The predicted molar refractivity (Wildman–Crippen MR) is 76.1 cm³/mol. The Labute approximate surface area is 120 Å². The minimum atomic E-state index is -0.224. The molecule has 20 heavy (non-hydrogen) atoms. The Kier molecular flexibility index (Phi) is 3.71. The zero-order valence-electron chi connectivity index (χ0n) is 12.5. The van der Waals surface area contributed by atoms with Gasteiger partial charge >= 0.3 is 0 Å². The lowest BCUT2D eigenvalue weighted by Crippen LogP contribution is -2.68. The van der Waals surface area contributed by atoms with E-state index in [0.29, 0.717) is 5.92 Å². The average Bonchev–Trinajstić information content (AvgIpc) is 2.92. The van der Waals surface area contributed by atoms with Crippen LogP contribution in [0.5, 0.6) is 0 Å². The molecule has 3 saturated heterocycles. The van der Waals surface area contributed by atoms with E-state index in [-0.39, 0.29) is 23.9 Å². The van der Waals surface area contributed by atoms with E-state index in [1.165, 1.54) is 0 Å². The van der Waals surface area contributed by atoms with Gasteiger partial charge in [0.25, 0.3) is 0 Å². The number of nitrogens with zero attached hydrogens (tertiary/aromatic N) is 3. The van der Waals surface area contributed by atoms with Crippen molar-refractivity contribution >= 4 is 11.8 Å². The summed E-state index contributed by atoms with van der Waals surface area (Å²) in [6.45, 7) is 8.60. The van der Waals surface area contributed by atoms with E-state index < -0.39 is 0 Å². The predicted octanol–water partition coefficient (Wildman–Crippen LogP) is 0.550. The third-order valence-corrected chi connectivity index (χ3v) is 4.88. The Hall–Kier alpha value is -1.10. The highest BCUT2D eigenvalue weighted by Crippen LogP contribution is 2.28. The largest absolute Gasteiger partial charge is 0.329 e. The number of carbonyl (C=O) groups is 2. The maximum Gasteiger partial charge on any atom is 0.247 e. The fourth-order valence-electron chi connectivity index (χ4n) is 3.63.